The molecular weight excluding hydrogens is 314 g/mol. The van der Waals surface area contributed by atoms with Crippen LogP contribution in [0.15, 0.2) is 36.4 Å². The number of aryl methyl sites for hydroxylation is 2. The van der Waals surface area contributed by atoms with Crippen LogP contribution >= 0.6 is 0 Å². The third kappa shape index (κ3) is 4.08. The number of Topliss-reactive ketones (excluding diaryl/α,β-unsaturated/α-hetero) is 1. The molecule has 0 saturated heterocycles. The second-order valence-electron chi connectivity index (χ2n) is 6.92. The molecule has 132 valence electrons. The number of hydrogen-bond donors (Lipinski definition) is 1. The average Bonchev–Trinajstić information content (AvgIpc) is 2.52. The van der Waals surface area contributed by atoms with Crippen LogP contribution in [0.25, 0.3) is 0 Å². The molecule has 0 bridgehead atoms. The van der Waals surface area contributed by atoms with Crippen molar-refractivity contribution in [2.24, 2.45) is 0 Å². The number of nitrogens with one attached hydrogen (secondary N) is 1. The Morgan fingerprint density at radius 1 is 1.00 bits per heavy atom. The zero-order valence-corrected chi connectivity index (χ0v) is 15.7. The Labute approximate surface area is 149 Å². The van der Waals surface area contributed by atoms with Crippen LogP contribution in [0, 0.1) is 20.8 Å². The van der Waals surface area contributed by atoms with Crippen molar-refractivity contribution in [3.05, 3.63) is 64.2 Å². The molecule has 0 aromatic heterocycles. The number of carbonyl (C=O) groups is 2. The summed E-state index contributed by atoms with van der Waals surface area (Å²) in [5.41, 5.74) is 2.87. The Hall–Kier alpha value is -2.62. The minimum Gasteiger partial charge on any atom is -0.496 e. The van der Waals surface area contributed by atoms with Gasteiger partial charge in [0.2, 0.25) is 0 Å². The van der Waals surface area contributed by atoms with Crippen LogP contribution in [0.5, 0.6) is 5.75 Å². The summed E-state index contributed by atoms with van der Waals surface area (Å²) in [6.45, 7) is 9.18. The Morgan fingerprint density at radius 2 is 1.60 bits per heavy atom. The van der Waals surface area contributed by atoms with Gasteiger partial charge in [0.05, 0.1) is 12.6 Å². The van der Waals surface area contributed by atoms with Crippen molar-refractivity contribution >= 4 is 11.7 Å². The Morgan fingerprint density at radius 3 is 2.16 bits per heavy atom. The van der Waals surface area contributed by atoms with Crippen molar-refractivity contribution in [3.63, 3.8) is 0 Å². The van der Waals surface area contributed by atoms with E-state index in [1.165, 1.54) is 0 Å². The molecule has 0 aliphatic carbocycles. The lowest BCUT2D eigenvalue weighted by Gasteiger charge is -2.26. The molecule has 1 N–H and O–H groups in total. The summed E-state index contributed by atoms with van der Waals surface area (Å²) in [5.74, 6) is 0.235. The van der Waals surface area contributed by atoms with Gasteiger partial charge in [0.25, 0.3) is 5.91 Å². The molecule has 0 aliphatic rings. The number of amides is 1. The topological polar surface area (TPSA) is 55.4 Å². The van der Waals surface area contributed by atoms with Crippen LogP contribution in [-0.2, 0) is 0 Å². The molecule has 0 unspecified atom stereocenters. The van der Waals surface area contributed by atoms with Crippen LogP contribution < -0.4 is 10.1 Å². The molecule has 1 amide bonds. The molecule has 4 nitrogen and oxygen atoms in total. The Bertz CT molecular complexity index is 802. The van der Waals surface area contributed by atoms with E-state index in [4.69, 9.17) is 4.74 Å². The Balaban J connectivity index is 2.28. The molecule has 0 radical (unpaired) electrons. The van der Waals surface area contributed by atoms with E-state index in [1.54, 1.807) is 39.2 Å². The number of methoxy groups -OCH3 is 1. The number of benzene rings is 2. The standard InChI is InChI=1S/C21H25NO3/c1-13-10-14(2)12-16(11-13)19(23)21(4,5)22-20(24)17-8-7-9-18(25-6)15(17)3/h7-12H,1-6H3,(H,22,24). The number of carbonyl (C=O) groups excluding carboxylic acids is 2. The largest absolute Gasteiger partial charge is 0.496 e. The van der Waals surface area contributed by atoms with Gasteiger partial charge in [-0.05, 0) is 58.9 Å². The normalized spacial score (nSPS) is 11.1. The highest BCUT2D eigenvalue weighted by atomic mass is 16.5. The molecule has 2 aromatic carbocycles. The first-order chi connectivity index (χ1) is 11.7. The zero-order valence-electron chi connectivity index (χ0n) is 15.7. The summed E-state index contributed by atoms with van der Waals surface area (Å²) in [6, 6.07) is 11.0. The van der Waals surface area contributed by atoms with E-state index in [-0.39, 0.29) is 11.7 Å². The van der Waals surface area contributed by atoms with Crippen LogP contribution in [0.3, 0.4) is 0 Å². The highest BCUT2D eigenvalue weighted by molar-refractivity contribution is 6.07. The molecule has 2 aromatic rings. The van der Waals surface area contributed by atoms with Crippen LogP contribution in [0.4, 0.5) is 0 Å². The molecule has 0 aliphatic heterocycles. The maximum atomic E-state index is 12.9. The van der Waals surface area contributed by atoms with Crippen molar-refractivity contribution in [2.45, 2.75) is 40.2 Å². The predicted molar refractivity (Wildman–Crippen MR) is 99.5 cm³/mol. The smallest absolute Gasteiger partial charge is 0.252 e. The predicted octanol–water partition coefficient (Wildman–Crippen LogP) is 4.01. The fourth-order valence-electron chi connectivity index (χ4n) is 2.96. The number of hydrogen-bond acceptors (Lipinski definition) is 3. The van der Waals surface area contributed by atoms with E-state index in [9.17, 15) is 9.59 Å². The van der Waals surface area contributed by atoms with Crippen molar-refractivity contribution in [2.75, 3.05) is 7.11 Å². The minimum atomic E-state index is -1.02. The third-order valence-corrected chi connectivity index (χ3v) is 4.23. The number of ether oxygens (including phenoxy) is 1. The summed E-state index contributed by atoms with van der Waals surface area (Å²) >= 11 is 0. The van der Waals surface area contributed by atoms with Gasteiger partial charge in [-0.15, -0.1) is 0 Å². The Kier molecular flexibility index (Phi) is 5.31. The molecule has 2 rings (SSSR count). The second-order valence-corrected chi connectivity index (χ2v) is 6.92. The minimum absolute atomic E-state index is 0.117. The van der Waals surface area contributed by atoms with Crippen molar-refractivity contribution in [1.82, 2.24) is 5.32 Å². The zero-order chi connectivity index (χ0) is 18.8. The average molecular weight is 339 g/mol. The molecule has 0 spiro atoms. The van der Waals surface area contributed by atoms with E-state index in [2.05, 4.69) is 5.32 Å². The molecular formula is C21H25NO3. The van der Waals surface area contributed by atoms with Crippen molar-refractivity contribution in [1.29, 1.82) is 0 Å². The van der Waals surface area contributed by atoms with E-state index < -0.39 is 5.54 Å². The van der Waals surface area contributed by atoms with E-state index in [0.717, 1.165) is 16.7 Å². The first-order valence-electron chi connectivity index (χ1n) is 8.25. The van der Waals surface area contributed by atoms with Gasteiger partial charge in [-0.25, -0.2) is 0 Å². The summed E-state index contributed by atoms with van der Waals surface area (Å²) in [5, 5.41) is 2.86. The van der Waals surface area contributed by atoms with E-state index in [1.807, 2.05) is 39.0 Å². The summed E-state index contributed by atoms with van der Waals surface area (Å²) < 4.78 is 5.26. The lowest BCUT2D eigenvalue weighted by atomic mass is 9.91. The van der Waals surface area contributed by atoms with Gasteiger partial charge in [-0.1, -0.05) is 23.3 Å². The first kappa shape index (κ1) is 18.7. The van der Waals surface area contributed by atoms with Crippen LogP contribution in [0.1, 0.15) is 51.3 Å². The van der Waals surface area contributed by atoms with Crippen LogP contribution in [0.2, 0.25) is 0 Å². The fraction of sp³-hybridized carbons (Fsp3) is 0.333. The second kappa shape index (κ2) is 7.09. The maximum Gasteiger partial charge on any atom is 0.252 e. The van der Waals surface area contributed by atoms with Gasteiger partial charge in [0.1, 0.15) is 5.75 Å². The highest BCUT2D eigenvalue weighted by Gasteiger charge is 2.31. The van der Waals surface area contributed by atoms with Crippen molar-refractivity contribution < 1.29 is 14.3 Å². The van der Waals surface area contributed by atoms with Gasteiger partial charge in [-0.3, -0.25) is 9.59 Å². The quantitative estimate of drug-likeness (QED) is 0.837. The van der Waals surface area contributed by atoms with Gasteiger partial charge < -0.3 is 10.1 Å². The monoisotopic (exact) mass is 339 g/mol. The lowest BCUT2D eigenvalue weighted by Crippen LogP contribution is -2.50. The number of rotatable bonds is 5. The maximum absolute atomic E-state index is 12.9. The summed E-state index contributed by atoms with van der Waals surface area (Å²) in [6.07, 6.45) is 0. The first-order valence-corrected chi connectivity index (χ1v) is 8.25. The van der Waals surface area contributed by atoms with Gasteiger partial charge >= 0.3 is 0 Å². The molecule has 4 heteroatoms. The lowest BCUT2D eigenvalue weighted by molar-refractivity contribution is 0.0797. The van der Waals surface area contributed by atoms with E-state index in [0.29, 0.717) is 16.9 Å². The molecule has 0 atom stereocenters. The summed E-state index contributed by atoms with van der Waals surface area (Å²) in [4.78, 5) is 25.6. The number of ketones is 1. The molecule has 0 fully saturated rings. The molecule has 25 heavy (non-hydrogen) atoms. The third-order valence-electron chi connectivity index (χ3n) is 4.23. The van der Waals surface area contributed by atoms with Gasteiger partial charge in [-0.2, -0.15) is 0 Å². The van der Waals surface area contributed by atoms with Gasteiger partial charge in [0.15, 0.2) is 5.78 Å². The van der Waals surface area contributed by atoms with Crippen LogP contribution in [-0.4, -0.2) is 24.3 Å². The van der Waals surface area contributed by atoms with Crippen molar-refractivity contribution in [3.8, 4) is 5.75 Å². The highest BCUT2D eigenvalue weighted by Crippen LogP contribution is 2.22. The fourth-order valence-corrected chi connectivity index (χ4v) is 2.96. The van der Waals surface area contributed by atoms with Gasteiger partial charge in [0, 0.05) is 16.7 Å². The SMILES string of the molecule is COc1cccc(C(=O)NC(C)(C)C(=O)c2cc(C)cc(C)c2)c1C. The molecule has 0 heterocycles. The summed E-state index contributed by atoms with van der Waals surface area (Å²) in [7, 11) is 1.57. The van der Waals surface area contributed by atoms with E-state index >= 15 is 0 Å². The molecule has 0 saturated carbocycles.